The van der Waals surface area contributed by atoms with E-state index in [9.17, 15) is 9.59 Å². The Balaban J connectivity index is 2.10. The van der Waals surface area contributed by atoms with Crippen molar-refractivity contribution in [2.75, 3.05) is 52.4 Å². The van der Waals surface area contributed by atoms with Crippen LogP contribution in [0.1, 0.15) is 12.1 Å². The number of nitrogens with one attached hydrogen (secondary N) is 1. The maximum atomic E-state index is 13.1. The highest BCUT2D eigenvalue weighted by Crippen LogP contribution is 2.16. The summed E-state index contributed by atoms with van der Waals surface area (Å²) in [5.41, 5.74) is 1.57. The monoisotopic (exact) mass is 450 g/mol. The molecule has 0 unspecified atom stereocenters. The minimum atomic E-state index is -0.364. The number of urea groups is 1. The van der Waals surface area contributed by atoms with Crippen molar-refractivity contribution < 1.29 is 19.1 Å². The number of aromatic nitrogens is 1. The van der Waals surface area contributed by atoms with Crippen molar-refractivity contribution in [2.24, 2.45) is 7.05 Å². The predicted molar refractivity (Wildman–Crippen MR) is 121 cm³/mol. The Hall–Kier alpha value is -2.55. The molecule has 0 aliphatic heterocycles. The van der Waals surface area contributed by atoms with Gasteiger partial charge in [0.2, 0.25) is 5.91 Å². The van der Waals surface area contributed by atoms with Crippen molar-refractivity contribution in [3.05, 3.63) is 53.3 Å². The number of hydrogen-bond donors (Lipinski definition) is 1. The lowest BCUT2D eigenvalue weighted by atomic mass is 10.3. The zero-order valence-electron chi connectivity index (χ0n) is 18.3. The van der Waals surface area contributed by atoms with Gasteiger partial charge in [-0.15, -0.1) is 0 Å². The minimum absolute atomic E-state index is 0.0513. The van der Waals surface area contributed by atoms with Gasteiger partial charge in [0.15, 0.2) is 0 Å². The minimum Gasteiger partial charge on any atom is -0.385 e. The lowest BCUT2D eigenvalue weighted by molar-refractivity contribution is -0.133. The van der Waals surface area contributed by atoms with Crippen molar-refractivity contribution in [3.63, 3.8) is 0 Å². The molecule has 1 heterocycles. The summed E-state index contributed by atoms with van der Waals surface area (Å²) in [5.74, 6) is -0.156. The molecule has 170 valence electrons. The number of anilines is 1. The number of aryl methyl sites for hydroxylation is 1. The molecule has 31 heavy (non-hydrogen) atoms. The molecule has 9 heteroatoms. The summed E-state index contributed by atoms with van der Waals surface area (Å²) >= 11 is 6.01. The summed E-state index contributed by atoms with van der Waals surface area (Å²) in [7, 11) is 5.14. The molecular weight excluding hydrogens is 420 g/mol. The highest BCUT2D eigenvalue weighted by molar-refractivity contribution is 6.30. The van der Waals surface area contributed by atoms with Crippen LogP contribution in [-0.2, 0) is 27.9 Å². The van der Waals surface area contributed by atoms with Crippen LogP contribution in [0.15, 0.2) is 42.6 Å². The quantitative estimate of drug-likeness (QED) is 0.504. The van der Waals surface area contributed by atoms with Crippen molar-refractivity contribution in [3.8, 4) is 0 Å². The Morgan fingerprint density at radius 2 is 1.84 bits per heavy atom. The molecular formula is C22H31ClN4O4. The fraction of sp³-hybridized carbons (Fsp3) is 0.455. The lowest BCUT2D eigenvalue weighted by Crippen LogP contribution is -2.45. The third kappa shape index (κ3) is 8.24. The van der Waals surface area contributed by atoms with Crippen LogP contribution in [0, 0.1) is 0 Å². The van der Waals surface area contributed by atoms with Crippen molar-refractivity contribution in [1.29, 1.82) is 0 Å². The molecule has 0 radical (unpaired) electrons. The second-order valence-corrected chi connectivity index (χ2v) is 7.56. The molecule has 2 rings (SSSR count). The summed E-state index contributed by atoms with van der Waals surface area (Å²) in [6.07, 6.45) is 2.55. The van der Waals surface area contributed by atoms with E-state index in [1.165, 1.54) is 4.90 Å². The van der Waals surface area contributed by atoms with Gasteiger partial charge in [-0.05, 0) is 36.8 Å². The molecule has 0 fully saturated rings. The molecule has 1 aromatic heterocycles. The smallest absolute Gasteiger partial charge is 0.322 e. The Labute approximate surface area is 188 Å². The van der Waals surface area contributed by atoms with Crippen LogP contribution in [0.2, 0.25) is 5.02 Å². The SMILES string of the molecule is COCCCN(CC(=O)N(CCOC)Cc1cccn1C)C(=O)Nc1cccc(Cl)c1. The summed E-state index contributed by atoms with van der Waals surface area (Å²) in [5, 5.41) is 3.34. The number of ether oxygens (including phenoxy) is 2. The molecule has 0 spiro atoms. The molecule has 1 N–H and O–H groups in total. The largest absolute Gasteiger partial charge is 0.385 e. The van der Waals surface area contributed by atoms with E-state index in [0.29, 0.717) is 50.0 Å². The van der Waals surface area contributed by atoms with Crippen LogP contribution >= 0.6 is 11.6 Å². The van der Waals surface area contributed by atoms with E-state index in [1.54, 1.807) is 43.4 Å². The highest BCUT2D eigenvalue weighted by Gasteiger charge is 2.22. The lowest BCUT2D eigenvalue weighted by Gasteiger charge is -2.28. The number of amides is 3. The van der Waals surface area contributed by atoms with Gasteiger partial charge in [-0.1, -0.05) is 17.7 Å². The van der Waals surface area contributed by atoms with E-state index in [0.717, 1.165) is 5.69 Å². The van der Waals surface area contributed by atoms with Gasteiger partial charge in [-0.25, -0.2) is 4.79 Å². The number of halogens is 1. The highest BCUT2D eigenvalue weighted by atomic mass is 35.5. The van der Waals surface area contributed by atoms with Gasteiger partial charge in [0.25, 0.3) is 0 Å². The van der Waals surface area contributed by atoms with E-state index in [4.69, 9.17) is 21.1 Å². The molecule has 0 bridgehead atoms. The van der Waals surface area contributed by atoms with Crippen molar-refractivity contribution in [1.82, 2.24) is 14.4 Å². The Morgan fingerprint density at radius 3 is 2.48 bits per heavy atom. The molecule has 8 nitrogen and oxygen atoms in total. The Morgan fingerprint density at radius 1 is 1.06 bits per heavy atom. The average Bonchev–Trinajstić information content (AvgIpc) is 3.14. The van der Waals surface area contributed by atoms with E-state index >= 15 is 0 Å². The topological polar surface area (TPSA) is 76.0 Å². The zero-order valence-corrected chi connectivity index (χ0v) is 19.1. The maximum Gasteiger partial charge on any atom is 0.322 e. The van der Waals surface area contributed by atoms with Crippen LogP contribution < -0.4 is 5.32 Å². The summed E-state index contributed by atoms with van der Waals surface area (Å²) in [6.45, 7) is 2.11. The third-order valence-electron chi connectivity index (χ3n) is 4.79. The molecule has 0 saturated heterocycles. The van der Waals surface area contributed by atoms with E-state index in [1.807, 2.05) is 29.9 Å². The van der Waals surface area contributed by atoms with Crippen LogP contribution in [0.3, 0.4) is 0 Å². The summed E-state index contributed by atoms with van der Waals surface area (Å²) in [4.78, 5) is 29.2. The Kier molecular flexibility index (Phi) is 10.4. The number of nitrogens with zero attached hydrogens (tertiary/aromatic N) is 3. The summed E-state index contributed by atoms with van der Waals surface area (Å²) < 4.78 is 12.2. The van der Waals surface area contributed by atoms with E-state index in [-0.39, 0.29) is 18.5 Å². The first-order valence-corrected chi connectivity index (χ1v) is 10.5. The van der Waals surface area contributed by atoms with Crippen molar-refractivity contribution >= 4 is 29.2 Å². The number of hydrogen-bond acceptors (Lipinski definition) is 4. The molecule has 0 atom stereocenters. The predicted octanol–water partition coefficient (Wildman–Crippen LogP) is 3.22. The van der Waals surface area contributed by atoms with Crippen LogP contribution in [0.4, 0.5) is 10.5 Å². The van der Waals surface area contributed by atoms with Gasteiger partial charge in [-0.3, -0.25) is 4.79 Å². The van der Waals surface area contributed by atoms with Crippen LogP contribution in [0.5, 0.6) is 0 Å². The van der Waals surface area contributed by atoms with Gasteiger partial charge in [0.1, 0.15) is 6.54 Å². The Bertz CT molecular complexity index is 842. The molecule has 0 saturated carbocycles. The first-order chi connectivity index (χ1) is 14.9. The second kappa shape index (κ2) is 13.0. The normalized spacial score (nSPS) is 10.7. The summed E-state index contributed by atoms with van der Waals surface area (Å²) in [6, 6.07) is 10.4. The molecule has 2 aromatic rings. The van der Waals surface area contributed by atoms with Gasteiger partial charge in [-0.2, -0.15) is 0 Å². The van der Waals surface area contributed by atoms with Gasteiger partial charge in [0, 0.05) is 63.6 Å². The average molecular weight is 451 g/mol. The zero-order chi connectivity index (χ0) is 22.6. The fourth-order valence-corrected chi connectivity index (χ4v) is 3.22. The number of rotatable bonds is 12. The number of benzene rings is 1. The molecule has 0 aliphatic rings. The molecule has 1 aromatic carbocycles. The second-order valence-electron chi connectivity index (χ2n) is 7.13. The first-order valence-electron chi connectivity index (χ1n) is 10.1. The standard InChI is InChI=1S/C22H31ClN4O4/c1-25-10-5-9-20(25)16-26(12-14-31-3)21(28)17-27(11-6-13-30-2)22(29)24-19-8-4-7-18(23)15-19/h4-5,7-10,15H,6,11-14,16-17H2,1-3H3,(H,24,29). The maximum absolute atomic E-state index is 13.1. The number of methoxy groups -OCH3 is 2. The number of carbonyl (C=O) groups excluding carboxylic acids is 2. The van der Waals surface area contributed by atoms with Crippen molar-refractivity contribution in [2.45, 2.75) is 13.0 Å². The third-order valence-corrected chi connectivity index (χ3v) is 5.02. The molecule has 3 amide bonds. The van der Waals surface area contributed by atoms with Gasteiger partial charge >= 0.3 is 6.03 Å². The van der Waals surface area contributed by atoms with Gasteiger partial charge < -0.3 is 29.2 Å². The fourth-order valence-electron chi connectivity index (χ4n) is 3.03. The van der Waals surface area contributed by atoms with Crippen LogP contribution in [0.25, 0.3) is 0 Å². The van der Waals surface area contributed by atoms with E-state index in [2.05, 4.69) is 5.32 Å². The van der Waals surface area contributed by atoms with Crippen LogP contribution in [-0.4, -0.2) is 73.4 Å². The van der Waals surface area contributed by atoms with Gasteiger partial charge in [0.05, 0.1) is 13.2 Å². The first kappa shape index (κ1) is 24.7. The molecule has 0 aliphatic carbocycles. The van der Waals surface area contributed by atoms with E-state index < -0.39 is 0 Å². The number of carbonyl (C=O) groups is 2.